The van der Waals surface area contributed by atoms with Gasteiger partial charge in [0.05, 0.1) is 0 Å². The molecule has 0 radical (unpaired) electrons. The number of rotatable bonds is 7. The van der Waals surface area contributed by atoms with Crippen LogP contribution in [0.1, 0.15) is 34.4 Å². The highest BCUT2D eigenvalue weighted by Gasteiger charge is 2.08. The summed E-state index contributed by atoms with van der Waals surface area (Å²) >= 11 is 1.87. The second kappa shape index (κ2) is 7.61. The van der Waals surface area contributed by atoms with Gasteiger partial charge in [-0.15, -0.1) is 11.3 Å². The number of benzene rings is 1. The van der Waals surface area contributed by atoms with Crippen LogP contribution in [0.5, 0.6) is 0 Å². The van der Waals surface area contributed by atoms with E-state index in [2.05, 4.69) is 61.9 Å². The lowest BCUT2D eigenvalue weighted by Crippen LogP contribution is -2.27. The number of thiophene rings is 1. The maximum absolute atomic E-state index is 3.47. The summed E-state index contributed by atoms with van der Waals surface area (Å²) in [5, 5.41) is 5.63. The molecule has 0 aliphatic heterocycles. The maximum atomic E-state index is 3.47. The van der Waals surface area contributed by atoms with Gasteiger partial charge in [0.25, 0.3) is 0 Å². The molecule has 0 amide bonds. The third-order valence-electron chi connectivity index (χ3n) is 4.02. The van der Waals surface area contributed by atoms with E-state index in [1.165, 1.54) is 40.8 Å². The lowest BCUT2D eigenvalue weighted by Gasteiger charge is -2.16. The average molecular weight is 287 g/mol. The molecule has 0 saturated heterocycles. The minimum atomic E-state index is 0.581. The van der Waals surface area contributed by atoms with Gasteiger partial charge < -0.3 is 5.32 Å². The van der Waals surface area contributed by atoms with Crippen LogP contribution in [-0.4, -0.2) is 13.1 Å². The number of nitrogens with one attached hydrogen (secondary N) is 1. The molecule has 20 heavy (non-hydrogen) atoms. The summed E-state index contributed by atoms with van der Waals surface area (Å²) in [6.07, 6.45) is 4.84. The summed E-state index contributed by atoms with van der Waals surface area (Å²) in [4.78, 5) is 1.51. The normalized spacial score (nSPS) is 12.6. The average Bonchev–Trinajstić information content (AvgIpc) is 2.95. The standard InChI is InChI=1S/C18H25NS/c1-14-9-10-16(12-15(14)2)13-17(19-3)6-4-7-18-8-5-11-20-18/h5,8-12,17,19H,4,6-7,13H2,1-3H3. The van der Waals surface area contributed by atoms with E-state index in [-0.39, 0.29) is 0 Å². The summed E-state index contributed by atoms with van der Waals surface area (Å²) in [7, 11) is 2.08. The van der Waals surface area contributed by atoms with Crippen LogP contribution in [0.2, 0.25) is 0 Å². The van der Waals surface area contributed by atoms with Crippen LogP contribution in [0.3, 0.4) is 0 Å². The first-order valence-corrected chi connectivity index (χ1v) is 8.33. The van der Waals surface area contributed by atoms with Crippen molar-refractivity contribution in [3.8, 4) is 0 Å². The maximum Gasteiger partial charge on any atom is 0.0105 e. The monoisotopic (exact) mass is 287 g/mol. The van der Waals surface area contributed by atoms with Crippen LogP contribution in [0.25, 0.3) is 0 Å². The molecule has 1 atom stereocenters. The van der Waals surface area contributed by atoms with E-state index < -0.39 is 0 Å². The van der Waals surface area contributed by atoms with Gasteiger partial charge >= 0.3 is 0 Å². The van der Waals surface area contributed by atoms with Crippen molar-refractivity contribution in [1.29, 1.82) is 0 Å². The number of hydrogen-bond donors (Lipinski definition) is 1. The minimum absolute atomic E-state index is 0.581. The summed E-state index contributed by atoms with van der Waals surface area (Å²) in [6, 6.07) is 11.8. The molecule has 1 nitrogen and oxygen atoms in total. The molecule has 0 spiro atoms. The van der Waals surface area contributed by atoms with Crippen LogP contribution < -0.4 is 5.32 Å². The molecule has 1 aromatic heterocycles. The van der Waals surface area contributed by atoms with Crippen LogP contribution in [0, 0.1) is 13.8 Å². The van der Waals surface area contributed by atoms with Crippen molar-refractivity contribution >= 4 is 11.3 Å². The van der Waals surface area contributed by atoms with Gasteiger partial charge in [-0.2, -0.15) is 0 Å². The molecule has 0 aliphatic carbocycles. The first-order chi connectivity index (χ1) is 9.69. The molecular weight excluding hydrogens is 262 g/mol. The van der Waals surface area contributed by atoms with Crippen molar-refractivity contribution in [3.05, 3.63) is 57.3 Å². The van der Waals surface area contributed by atoms with Crippen LogP contribution in [-0.2, 0) is 12.8 Å². The first-order valence-electron chi connectivity index (χ1n) is 7.45. The molecule has 1 heterocycles. The zero-order valence-electron chi connectivity index (χ0n) is 12.8. The van der Waals surface area contributed by atoms with Gasteiger partial charge in [-0.05, 0) is 74.7 Å². The molecule has 2 heteroatoms. The fourth-order valence-corrected chi connectivity index (χ4v) is 3.29. The van der Waals surface area contributed by atoms with Gasteiger partial charge in [0.1, 0.15) is 0 Å². The minimum Gasteiger partial charge on any atom is -0.317 e. The molecule has 0 saturated carbocycles. The van der Waals surface area contributed by atoms with Gasteiger partial charge in [-0.3, -0.25) is 0 Å². The Kier molecular flexibility index (Phi) is 5.81. The lowest BCUT2D eigenvalue weighted by atomic mass is 9.98. The van der Waals surface area contributed by atoms with Crippen molar-refractivity contribution in [1.82, 2.24) is 5.32 Å². The molecule has 0 bridgehead atoms. The summed E-state index contributed by atoms with van der Waals surface area (Å²) in [5.41, 5.74) is 4.23. The lowest BCUT2D eigenvalue weighted by molar-refractivity contribution is 0.503. The van der Waals surface area contributed by atoms with Gasteiger partial charge in [-0.1, -0.05) is 24.3 Å². The van der Waals surface area contributed by atoms with Crippen molar-refractivity contribution in [2.75, 3.05) is 7.05 Å². The highest BCUT2D eigenvalue weighted by atomic mass is 32.1. The first kappa shape index (κ1) is 15.3. The Balaban J connectivity index is 1.83. The van der Waals surface area contributed by atoms with E-state index in [1.807, 2.05) is 11.3 Å². The zero-order valence-corrected chi connectivity index (χ0v) is 13.6. The molecule has 0 fully saturated rings. The Hall–Kier alpha value is -1.12. The molecule has 2 aromatic rings. The Morgan fingerprint density at radius 2 is 2.00 bits per heavy atom. The van der Waals surface area contributed by atoms with Crippen molar-refractivity contribution in [3.63, 3.8) is 0 Å². The Labute approximate surface area is 127 Å². The van der Waals surface area contributed by atoms with E-state index in [0.29, 0.717) is 6.04 Å². The van der Waals surface area contributed by atoms with Crippen molar-refractivity contribution < 1.29 is 0 Å². The van der Waals surface area contributed by atoms with E-state index in [1.54, 1.807) is 0 Å². The predicted octanol–water partition coefficient (Wildman–Crippen LogP) is 4.52. The Morgan fingerprint density at radius 3 is 2.65 bits per heavy atom. The number of aryl methyl sites for hydroxylation is 3. The molecule has 1 N–H and O–H groups in total. The topological polar surface area (TPSA) is 12.0 Å². The fourth-order valence-electron chi connectivity index (χ4n) is 2.54. The van der Waals surface area contributed by atoms with E-state index >= 15 is 0 Å². The van der Waals surface area contributed by atoms with E-state index in [9.17, 15) is 0 Å². The summed E-state index contributed by atoms with van der Waals surface area (Å²) in [5.74, 6) is 0. The van der Waals surface area contributed by atoms with Crippen LogP contribution in [0.4, 0.5) is 0 Å². The van der Waals surface area contributed by atoms with Gasteiger partial charge in [0, 0.05) is 10.9 Å². The SMILES string of the molecule is CNC(CCCc1cccs1)Cc1ccc(C)c(C)c1. The molecular formula is C18H25NS. The third kappa shape index (κ3) is 4.46. The van der Waals surface area contributed by atoms with Gasteiger partial charge in [0.15, 0.2) is 0 Å². The predicted molar refractivity (Wildman–Crippen MR) is 89.7 cm³/mol. The highest BCUT2D eigenvalue weighted by molar-refractivity contribution is 7.09. The second-order valence-electron chi connectivity index (χ2n) is 5.58. The molecule has 1 aromatic carbocycles. The van der Waals surface area contributed by atoms with Gasteiger partial charge in [-0.25, -0.2) is 0 Å². The Bertz CT molecular complexity index is 516. The van der Waals surface area contributed by atoms with E-state index in [0.717, 1.165) is 6.42 Å². The Morgan fingerprint density at radius 1 is 1.15 bits per heavy atom. The summed E-state index contributed by atoms with van der Waals surface area (Å²) in [6.45, 7) is 4.37. The largest absolute Gasteiger partial charge is 0.317 e. The zero-order chi connectivity index (χ0) is 14.4. The van der Waals surface area contributed by atoms with Crippen LogP contribution >= 0.6 is 11.3 Å². The van der Waals surface area contributed by atoms with Crippen molar-refractivity contribution in [2.24, 2.45) is 0 Å². The number of hydrogen-bond acceptors (Lipinski definition) is 2. The molecule has 0 aliphatic rings. The molecule has 108 valence electrons. The van der Waals surface area contributed by atoms with Gasteiger partial charge in [0.2, 0.25) is 0 Å². The van der Waals surface area contributed by atoms with E-state index in [4.69, 9.17) is 0 Å². The van der Waals surface area contributed by atoms with Crippen LogP contribution in [0.15, 0.2) is 35.7 Å². The molecule has 2 rings (SSSR count). The fraction of sp³-hybridized carbons (Fsp3) is 0.444. The second-order valence-corrected chi connectivity index (χ2v) is 6.61. The molecule has 1 unspecified atom stereocenters. The summed E-state index contributed by atoms with van der Waals surface area (Å²) < 4.78 is 0. The van der Waals surface area contributed by atoms with Crippen molar-refractivity contribution in [2.45, 2.75) is 45.6 Å². The highest BCUT2D eigenvalue weighted by Crippen LogP contribution is 2.16. The smallest absolute Gasteiger partial charge is 0.0105 e. The quantitative estimate of drug-likeness (QED) is 0.789. The number of likely N-dealkylation sites (N-methyl/N-ethyl adjacent to an activating group) is 1. The third-order valence-corrected chi connectivity index (χ3v) is 4.95.